The molecular formula is C45H27N5S. The van der Waals surface area contributed by atoms with E-state index in [1.165, 1.54) is 38.1 Å². The maximum Gasteiger partial charge on any atom is 0.159 e. The van der Waals surface area contributed by atoms with E-state index < -0.39 is 0 Å². The van der Waals surface area contributed by atoms with Crippen molar-refractivity contribution in [3.05, 3.63) is 164 Å². The second-order valence-electron chi connectivity index (χ2n) is 12.9. The molecule has 0 N–H and O–H groups in total. The molecule has 0 bridgehead atoms. The summed E-state index contributed by atoms with van der Waals surface area (Å²) in [5, 5.41) is 4.81. The Labute approximate surface area is 296 Å². The molecule has 0 aliphatic carbocycles. The van der Waals surface area contributed by atoms with E-state index in [2.05, 4.69) is 167 Å². The molecule has 0 saturated heterocycles. The van der Waals surface area contributed by atoms with E-state index in [9.17, 15) is 0 Å². The third-order valence-corrected chi connectivity index (χ3v) is 11.1. The quantitative estimate of drug-likeness (QED) is 0.187. The van der Waals surface area contributed by atoms with Crippen LogP contribution in [0.2, 0.25) is 0 Å². The summed E-state index contributed by atoms with van der Waals surface area (Å²) in [5.74, 6) is 0.697. The maximum absolute atomic E-state index is 5.26. The molecule has 0 radical (unpaired) electrons. The van der Waals surface area contributed by atoms with E-state index in [1.54, 1.807) is 11.3 Å². The zero-order valence-corrected chi connectivity index (χ0v) is 28.0. The molecule has 0 saturated carbocycles. The predicted molar refractivity (Wildman–Crippen MR) is 212 cm³/mol. The average Bonchev–Trinajstić information content (AvgIpc) is 3.85. The van der Waals surface area contributed by atoms with Gasteiger partial charge in [0.2, 0.25) is 0 Å². The third-order valence-electron chi connectivity index (χ3n) is 9.99. The second-order valence-corrected chi connectivity index (χ2v) is 14.0. The minimum Gasteiger partial charge on any atom is -0.309 e. The van der Waals surface area contributed by atoms with Gasteiger partial charge in [0, 0.05) is 50.2 Å². The molecule has 0 aliphatic heterocycles. The fourth-order valence-corrected chi connectivity index (χ4v) is 8.64. The summed E-state index contributed by atoms with van der Waals surface area (Å²) in [5.41, 5.74) is 11.8. The zero-order chi connectivity index (χ0) is 33.5. The van der Waals surface area contributed by atoms with Gasteiger partial charge in [0.25, 0.3) is 0 Å². The Bertz CT molecular complexity index is 2920. The van der Waals surface area contributed by atoms with E-state index in [1.807, 2.05) is 6.20 Å². The highest BCUT2D eigenvalue weighted by Gasteiger charge is 2.17. The number of thiophene rings is 1. The highest BCUT2D eigenvalue weighted by Crippen LogP contribution is 2.38. The van der Waals surface area contributed by atoms with Gasteiger partial charge in [-0.2, -0.15) is 0 Å². The largest absolute Gasteiger partial charge is 0.309 e. The predicted octanol–water partition coefficient (Wildman–Crippen LogP) is 11.8. The first-order valence-corrected chi connectivity index (χ1v) is 17.8. The third kappa shape index (κ3) is 4.30. The fourth-order valence-electron chi connectivity index (χ4n) is 7.69. The van der Waals surface area contributed by atoms with Gasteiger partial charge >= 0.3 is 0 Å². The lowest BCUT2D eigenvalue weighted by Crippen LogP contribution is -1.93. The lowest BCUT2D eigenvalue weighted by Gasteiger charge is -2.08. The lowest BCUT2D eigenvalue weighted by atomic mass is 10.1. The summed E-state index contributed by atoms with van der Waals surface area (Å²) in [4.78, 5) is 15.3. The Morgan fingerprint density at radius 3 is 1.59 bits per heavy atom. The van der Waals surface area contributed by atoms with Gasteiger partial charge in [-0.3, -0.25) is 0 Å². The number of aromatic nitrogens is 5. The van der Waals surface area contributed by atoms with Gasteiger partial charge in [-0.1, -0.05) is 78.9 Å². The van der Waals surface area contributed by atoms with Crippen LogP contribution in [0.1, 0.15) is 0 Å². The Hall–Kier alpha value is -6.63. The van der Waals surface area contributed by atoms with Crippen LogP contribution in [0.3, 0.4) is 0 Å². The monoisotopic (exact) mass is 669 g/mol. The van der Waals surface area contributed by atoms with Crippen molar-refractivity contribution >= 4 is 75.4 Å². The van der Waals surface area contributed by atoms with Crippen LogP contribution in [-0.2, 0) is 0 Å². The average molecular weight is 670 g/mol. The van der Waals surface area contributed by atoms with Crippen molar-refractivity contribution in [3.63, 3.8) is 0 Å². The summed E-state index contributed by atoms with van der Waals surface area (Å²) in [7, 11) is 0. The van der Waals surface area contributed by atoms with Crippen LogP contribution < -0.4 is 0 Å². The Morgan fingerprint density at radius 2 is 0.941 bits per heavy atom. The number of benzene rings is 6. The molecule has 0 unspecified atom stereocenters. The highest BCUT2D eigenvalue weighted by molar-refractivity contribution is 7.25. The van der Waals surface area contributed by atoms with Crippen LogP contribution >= 0.6 is 11.3 Å². The van der Waals surface area contributed by atoms with Gasteiger partial charge in [0.15, 0.2) is 5.82 Å². The van der Waals surface area contributed by atoms with Crippen LogP contribution in [-0.4, -0.2) is 24.1 Å². The van der Waals surface area contributed by atoms with E-state index in [4.69, 9.17) is 15.0 Å². The number of fused-ring (bicyclic) bond motifs is 9. The summed E-state index contributed by atoms with van der Waals surface area (Å²) in [6, 6.07) is 55.8. The molecule has 11 aromatic rings. The highest BCUT2D eigenvalue weighted by atomic mass is 32.1. The topological polar surface area (TPSA) is 48.5 Å². The van der Waals surface area contributed by atoms with Gasteiger partial charge in [0.1, 0.15) is 11.0 Å². The number of rotatable bonds is 4. The van der Waals surface area contributed by atoms with Crippen molar-refractivity contribution in [1.82, 2.24) is 24.1 Å². The molecule has 6 aromatic carbocycles. The normalized spacial score (nSPS) is 11.9. The standard InChI is InChI=1S/C45H27N5S/c1-3-11-30(12-4-1)49-37-17-9-7-15-32(37)34-25-28(19-22-39(34)49)36-21-24-41-43(47-36)44-42(51-41)27-46-45(48-44)29-20-23-40-35(26-29)33-16-8-10-18-38(33)50(40)31-13-5-2-6-14-31/h1-27H. The van der Waals surface area contributed by atoms with E-state index in [0.717, 1.165) is 54.1 Å². The number of hydrogen-bond donors (Lipinski definition) is 0. The van der Waals surface area contributed by atoms with Crippen molar-refractivity contribution in [2.45, 2.75) is 0 Å². The molecule has 5 nitrogen and oxygen atoms in total. The minimum absolute atomic E-state index is 0.697. The molecule has 11 rings (SSSR count). The molecule has 0 aliphatic rings. The second kappa shape index (κ2) is 10.9. The molecule has 51 heavy (non-hydrogen) atoms. The van der Waals surface area contributed by atoms with Crippen molar-refractivity contribution in [2.24, 2.45) is 0 Å². The molecule has 0 atom stereocenters. The van der Waals surface area contributed by atoms with Crippen molar-refractivity contribution in [3.8, 4) is 34.0 Å². The smallest absolute Gasteiger partial charge is 0.159 e. The van der Waals surface area contributed by atoms with Crippen LogP contribution in [0, 0.1) is 0 Å². The van der Waals surface area contributed by atoms with Crippen molar-refractivity contribution in [2.75, 3.05) is 0 Å². The molecule has 0 spiro atoms. The van der Waals surface area contributed by atoms with E-state index >= 15 is 0 Å². The Morgan fingerprint density at radius 1 is 0.412 bits per heavy atom. The first-order valence-electron chi connectivity index (χ1n) is 17.0. The summed E-state index contributed by atoms with van der Waals surface area (Å²) in [6.07, 6.45) is 1.95. The molecule has 238 valence electrons. The van der Waals surface area contributed by atoms with Crippen molar-refractivity contribution < 1.29 is 0 Å². The van der Waals surface area contributed by atoms with Crippen LogP contribution in [0.4, 0.5) is 0 Å². The molecule has 0 fully saturated rings. The number of hydrogen-bond acceptors (Lipinski definition) is 4. The fraction of sp³-hybridized carbons (Fsp3) is 0. The summed E-state index contributed by atoms with van der Waals surface area (Å²) < 4.78 is 6.80. The van der Waals surface area contributed by atoms with E-state index in [-0.39, 0.29) is 0 Å². The number of nitrogens with zero attached hydrogens (tertiary/aromatic N) is 5. The van der Waals surface area contributed by atoms with Crippen LogP contribution in [0.5, 0.6) is 0 Å². The first kappa shape index (κ1) is 28.2. The summed E-state index contributed by atoms with van der Waals surface area (Å²) >= 11 is 1.69. The van der Waals surface area contributed by atoms with Gasteiger partial charge < -0.3 is 9.13 Å². The minimum atomic E-state index is 0.697. The number of para-hydroxylation sites is 4. The van der Waals surface area contributed by atoms with Crippen molar-refractivity contribution in [1.29, 1.82) is 0 Å². The number of pyridine rings is 1. The SMILES string of the molecule is c1ccc(-n2c3ccccc3c3cc(-c4ccc5sc6cnc(-c7ccc8c(c7)c7ccccc7n8-c7ccccc7)nc6c5n4)ccc32)cc1. The van der Waals surface area contributed by atoms with Gasteiger partial charge in [-0.05, 0) is 78.9 Å². The molecule has 5 heterocycles. The zero-order valence-electron chi connectivity index (χ0n) is 27.2. The molecule has 5 aromatic heterocycles. The van der Waals surface area contributed by atoms with Crippen LogP contribution in [0.25, 0.3) is 98.1 Å². The molecule has 6 heteroatoms. The lowest BCUT2D eigenvalue weighted by molar-refractivity contribution is 1.18. The summed E-state index contributed by atoms with van der Waals surface area (Å²) in [6.45, 7) is 0. The van der Waals surface area contributed by atoms with Gasteiger partial charge in [0.05, 0.1) is 37.2 Å². The van der Waals surface area contributed by atoms with Gasteiger partial charge in [-0.15, -0.1) is 11.3 Å². The first-order chi connectivity index (χ1) is 25.3. The van der Waals surface area contributed by atoms with Gasteiger partial charge in [-0.25, -0.2) is 15.0 Å². The molecule has 0 amide bonds. The van der Waals surface area contributed by atoms with Crippen LogP contribution in [0.15, 0.2) is 164 Å². The van der Waals surface area contributed by atoms with E-state index in [0.29, 0.717) is 5.82 Å². The Balaban J connectivity index is 1.04. The maximum atomic E-state index is 5.26. The molecular weight excluding hydrogens is 643 g/mol. The Kier molecular flexibility index (Phi) is 6.05.